The number of H-pyrrole nitrogens is 1. The minimum atomic E-state index is -1.52. The zero-order valence-corrected chi connectivity index (χ0v) is 42.4. The number of fused-ring (bicyclic) bond motifs is 1. The highest BCUT2D eigenvalue weighted by atomic mass is 35.5. The van der Waals surface area contributed by atoms with Gasteiger partial charge < -0.3 is 70.3 Å². The normalized spacial score (nSPS) is 16.4. The number of primary amides is 1. The number of phenols is 1. The summed E-state index contributed by atoms with van der Waals surface area (Å²) in [5.41, 5.74) is 11.8. The molecule has 1 aliphatic heterocycles. The maximum atomic E-state index is 13.0. The number of nitriles is 1. The number of nitrogens with two attached hydrogens (primary N) is 2. The van der Waals surface area contributed by atoms with E-state index in [2.05, 4.69) is 30.8 Å². The third-order valence-electron chi connectivity index (χ3n) is 11.0. The molecule has 0 radical (unpaired) electrons. The number of methoxy groups -OCH3 is 2. The molecule has 4 heterocycles. The lowest BCUT2D eigenvalue weighted by atomic mass is 9.89. The average Bonchev–Trinajstić information content (AvgIpc) is 3.80. The predicted octanol–water partition coefficient (Wildman–Crippen LogP) is 6.69. The molecule has 4 atom stereocenters. The molecular formula is C49H57Cl2N9O13. The number of rotatable bonds is 16. The van der Waals surface area contributed by atoms with Gasteiger partial charge >= 0.3 is 11.7 Å². The Labute approximate surface area is 431 Å². The summed E-state index contributed by atoms with van der Waals surface area (Å²) in [5.74, 6) is 1.27. The Hall–Kier alpha value is -7.65. The number of anilines is 3. The highest BCUT2D eigenvalue weighted by molar-refractivity contribution is 6.06. The SMILES string of the molecule is COC1C(OC(N)=O)C(O)C(Oc2ccc3c(O)c(NC(=O)c4ccc(O)c(CC=C(C)C)c4)c(=O)oc3c2C)OC1(C)C.COc1cccc(OCCCN)c1-c1cc(Nc2cnc(C#N)cn2)n[nH]1.Cl.Cl. The fourth-order valence-electron chi connectivity index (χ4n) is 7.49. The largest absolute Gasteiger partial charge is 0.508 e. The van der Waals surface area contributed by atoms with Crippen LogP contribution in [0.1, 0.15) is 61.3 Å². The van der Waals surface area contributed by atoms with Crippen molar-refractivity contribution in [1.82, 2.24) is 20.2 Å². The number of ether oxygens (including phenoxy) is 6. The molecule has 3 aromatic heterocycles. The number of nitrogens with one attached hydrogen (secondary N) is 3. The van der Waals surface area contributed by atoms with E-state index < -0.39 is 59.3 Å². The van der Waals surface area contributed by atoms with E-state index in [1.54, 1.807) is 27.9 Å². The molecule has 6 aromatic rings. The van der Waals surface area contributed by atoms with E-state index in [1.807, 2.05) is 50.3 Å². The topological polar surface area (TPSA) is 335 Å². The average molecular weight is 1050 g/mol. The lowest BCUT2D eigenvalue weighted by Crippen LogP contribution is -2.65. The molecule has 10 N–H and O–H groups in total. The van der Waals surface area contributed by atoms with Crippen LogP contribution < -0.4 is 41.9 Å². The third-order valence-corrected chi connectivity index (χ3v) is 11.0. The molecule has 0 spiro atoms. The Bertz CT molecular complexity index is 3010. The number of aliphatic hydroxyl groups is 1. The van der Waals surface area contributed by atoms with E-state index in [0.29, 0.717) is 48.3 Å². The highest BCUT2D eigenvalue weighted by Gasteiger charge is 2.53. The Morgan fingerprint density at radius 3 is 2.40 bits per heavy atom. The third kappa shape index (κ3) is 13.9. The fourth-order valence-corrected chi connectivity index (χ4v) is 7.49. The molecule has 22 nitrogen and oxygen atoms in total. The number of nitrogens with zero attached hydrogens (tertiary/aromatic N) is 4. The molecule has 0 bridgehead atoms. The molecular weight excluding hydrogens is 993 g/mol. The summed E-state index contributed by atoms with van der Waals surface area (Å²) in [4.78, 5) is 45.6. The summed E-state index contributed by atoms with van der Waals surface area (Å²) in [6.45, 7) is 9.76. The van der Waals surface area contributed by atoms with Crippen molar-refractivity contribution in [2.75, 3.05) is 38.0 Å². The Morgan fingerprint density at radius 2 is 1.75 bits per heavy atom. The van der Waals surface area contributed by atoms with Crippen molar-refractivity contribution >= 4 is 65.1 Å². The van der Waals surface area contributed by atoms with Gasteiger partial charge in [0.15, 0.2) is 35.2 Å². The van der Waals surface area contributed by atoms with Gasteiger partial charge in [0.2, 0.25) is 6.29 Å². The number of halogens is 2. The quantitative estimate of drug-likeness (QED) is 0.0284. The fraction of sp³-hybridized carbons (Fsp3) is 0.327. The van der Waals surface area contributed by atoms with E-state index in [0.717, 1.165) is 23.3 Å². The molecule has 0 aliphatic carbocycles. The number of aryl methyl sites for hydroxylation is 1. The van der Waals surface area contributed by atoms with Crippen molar-refractivity contribution < 1.29 is 57.7 Å². The number of carbonyl (C=O) groups excluding carboxylic acids is 2. The van der Waals surface area contributed by atoms with Gasteiger partial charge in [0.05, 0.1) is 48.4 Å². The molecule has 1 fully saturated rings. The van der Waals surface area contributed by atoms with Gasteiger partial charge in [-0.25, -0.2) is 19.6 Å². The minimum Gasteiger partial charge on any atom is -0.508 e. The Morgan fingerprint density at radius 1 is 1.01 bits per heavy atom. The molecule has 2 amide bonds. The van der Waals surface area contributed by atoms with E-state index in [-0.39, 0.29) is 64.1 Å². The van der Waals surface area contributed by atoms with Crippen LogP contribution in [0, 0.1) is 18.3 Å². The van der Waals surface area contributed by atoms with Crippen LogP contribution in [0.5, 0.6) is 28.7 Å². The zero-order chi connectivity index (χ0) is 51.6. The zero-order valence-electron chi connectivity index (χ0n) is 40.8. The summed E-state index contributed by atoms with van der Waals surface area (Å²) >= 11 is 0. The number of allylic oxidation sites excluding steroid dienone is 2. The second kappa shape index (κ2) is 25.6. The monoisotopic (exact) mass is 1050 g/mol. The number of aliphatic hydroxyl groups excluding tert-OH is 1. The summed E-state index contributed by atoms with van der Waals surface area (Å²) in [6.07, 6.45) is -0.196. The van der Waals surface area contributed by atoms with E-state index in [4.69, 9.17) is 49.6 Å². The van der Waals surface area contributed by atoms with Gasteiger partial charge in [-0.2, -0.15) is 10.4 Å². The maximum Gasteiger partial charge on any atom is 0.404 e. The van der Waals surface area contributed by atoms with Crippen molar-refractivity contribution in [3.63, 3.8) is 0 Å². The summed E-state index contributed by atoms with van der Waals surface area (Å²) < 4.78 is 39.2. The number of aromatic nitrogens is 4. The van der Waals surface area contributed by atoms with Gasteiger partial charge in [-0.05, 0) is 102 Å². The van der Waals surface area contributed by atoms with Crippen LogP contribution in [0.3, 0.4) is 0 Å². The molecule has 7 rings (SSSR count). The lowest BCUT2D eigenvalue weighted by Gasteiger charge is -2.47. The Balaban J connectivity index is 0.000000342. The lowest BCUT2D eigenvalue weighted by molar-refractivity contribution is -0.304. The van der Waals surface area contributed by atoms with Crippen LogP contribution in [0.2, 0.25) is 0 Å². The van der Waals surface area contributed by atoms with Gasteiger partial charge in [-0.1, -0.05) is 17.7 Å². The minimum absolute atomic E-state index is 0. The summed E-state index contributed by atoms with van der Waals surface area (Å²) in [5, 5.41) is 53.6. The second-order valence-electron chi connectivity index (χ2n) is 16.7. The second-order valence-corrected chi connectivity index (χ2v) is 16.7. The first-order chi connectivity index (χ1) is 33.9. The van der Waals surface area contributed by atoms with Crippen LogP contribution in [0.15, 0.2) is 87.9 Å². The standard InChI is InChI=1S/C31H36N2O11.C18H19N7O2.2ClH/c1-14(2)7-8-16-13-17(9-11-19(16)34)27(37)33-21-22(35)18-10-12-20(15(3)24(18)42-28(21)38)41-29-23(36)25(43-30(32)39)26(40-6)31(4,5)44-29;1-26-14-4-2-5-15(27-7-3-6-19)18(14)13-8-16(25-24-13)23-17-11-21-12(9-20)10-22-17;;/h7,9-13,23,25-26,29,34-36H,8H2,1-6H3,(H2,32,39)(H,33,37);2,4-5,8,10-11H,3,6-7,19H2,1H3,(H2,22,23,24,25);2*1H. The molecule has 73 heavy (non-hydrogen) atoms. The van der Waals surface area contributed by atoms with E-state index in [1.165, 1.54) is 49.8 Å². The first-order valence-electron chi connectivity index (χ1n) is 22.0. The summed E-state index contributed by atoms with van der Waals surface area (Å²) in [7, 11) is 2.97. The number of phenolic OH excluding ortho intramolecular Hbond substituents is 1. The Kier molecular flexibility index (Phi) is 20.3. The van der Waals surface area contributed by atoms with Crippen molar-refractivity contribution in [1.29, 1.82) is 5.26 Å². The predicted molar refractivity (Wildman–Crippen MR) is 273 cm³/mol. The van der Waals surface area contributed by atoms with Crippen molar-refractivity contribution in [3.05, 3.63) is 111 Å². The highest BCUT2D eigenvalue weighted by Crippen LogP contribution is 2.40. The molecule has 3 aromatic carbocycles. The molecule has 390 valence electrons. The molecule has 4 unspecified atom stereocenters. The number of carbonyl (C=O) groups is 2. The van der Waals surface area contributed by atoms with Gasteiger partial charge in [-0.3, -0.25) is 9.89 Å². The number of aromatic amines is 1. The molecule has 24 heteroatoms. The van der Waals surface area contributed by atoms with Crippen LogP contribution in [0.25, 0.3) is 22.2 Å². The van der Waals surface area contributed by atoms with Gasteiger partial charge in [0.1, 0.15) is 46.6 Å². The smallest absolute Gasteiger partial charge is 0.404 e. The van der Waals surface area contributed by atoms with Crippen molar-refractivity contribution in [2.45, 2.75) is 77.7 Å². The van der Waals surface area contributed by atoms with E-state index >= 15 is 0 Å². The molecule has 1 aliphatic rings. The molecule has 1 saturated heterocycles. The van der Waals surface area contributed by atoms with Gasteiger partial charge in [0.25, 0.3) is 5.91 Å². The number of aromatic hydroxyl groups is 2. The van der Waals surface area contributed by atoms with Crippen LogP contribution in [-0.4, -0.2) is 105 Å². The van der Waals surface area contributed by atoms with Crippen molar-refractivity contribution in [3.8, 4) is 46.1 Å². The molecule has 0 saturated carbocycles. The van der Waals surface area contributed by atoms with Gasteiger partial charge in [0, 0.05) is 24.3 Å². The van der Waals surface area contributed by atoms with Crippen molar-refractivity contribution in [2.24, 2.45) is 11.5 Å². The maximum absolute atomic E-state index is 13.0. The van der Waals surface area contributed by atoms with E-state index in [9.17, 15) is 29.7 Å². The van der Waals surface area contributed by atoms with Gasteiger partial charge in [-0.15, -0.1) is 24.8 Å². The van der Waals surface area contributed by atoms with Crippen LogP contribution in [-0.2, 0) is 20.6 Å². The number of hydrogen-bond donors (Lipinski definition) is 8. The first-order valence-corrected chi connectivity index (χ1v) is 22.0. The van der Waals surface area contributed by atoms with Crippen LogP contribution in [0.4, 0.5) is 22.1 Å². The first kappa shape index (κ1) is 57.9. The number of benzene rings is 3. The van der Waals surface area contributed by atoms with Crippen LogP contribution >= 0.6 is 24.8 Å². The number of hydrogen-bond acceptors (Lipinski definition) is 19. The summed E-state index contributed by atoms with van der Waals surface area (Å²) in [6, 6.07) is 16.4. The number of amides is 2.